The zero-order valence-electron chi connectivity index (χ0n) is 22.9. The molecule has 2 amide bonds. The van der Waals surface area contributed by atoms with Gasteiger partial charge in [-0.3, -0.25) is 28.7 Å². The van der Waals surface area contributed by atoms with Crippen molar-refractivity contribution in [3.63, 3.8) is 0 Å². The van der Waals surface area contributed by atoms with Crippen molar-refractivity contribution in [3.8, 4) is 0 Å². The molecule has 3 N–H and O–H groups in total. The first-order chi connectivity index (χ1) is 19.9. The topological polar surface area (TPSA) is 149 Å². The van der Waals surface area contributed by atoms with Crippen LogP contribution in [0.1, 0.15) is 18.9 Å². The Morgan fingerprint density at radius 3 is 2.55 bits per heavy atom. The summed E-state index contributed by atoms with van der Waals surface area (Å²) in [6.07, 6.45) is -1.08. The number of phosphoric acid groups is 1. The van der Waals surface area contributed by atoms with E-state index in [1.54, 1.807) is 6.07 Å². The first-order valence-corrected chi connectivity index (χ1v) is 14.3. The number of carbonyl (C=O) groups excluding carboxylic acids is 2. The van der Waals surface area contributed by atoms with Crippen molar-refractivity contribution in [2.24, 2.45) is 0 Å². The lowest BCUT2D eigenvalue weighted by Crippen LogP contribution is -2.52. The quantitative estimate of drug-likeness (QED) is 0.167. The number of hydrazine groups is 1. The van der Waals surface area contributed by atoms with Crippen molar-refractivity contribution >= 4 is 48.0 Å². The van der Waals surface area contributed by atoms with Crippen molar-refractivity contribution in [1.29, 1.82) is 0 Å². The SMILES string of the molecule is COP(=O)(OC)OC[C@@H](O)C[C@@H](COC(=O)Nc1cc2cc(F)ccc2cn1)N(NCc1cccc(F)c1Cl)C(C)=O. The highest BCUT2D eigenvalue weighted by Gasteiger charge is 2.29. The van der Waals surface area contributed by atoms with Crippen LogP contribution in [-0.2, 0) is 34.2 Å². The van der Waals surface area contributed by atoms with E-state index in [9.17, 15) is 28.0 Å². The summed E-state index contributed by atoms with van der Waals surface area (Å²) < 4.78 is 59.4. The monoisotopic (exact) mass is 630 g/mol. The Hall–Kier alpha value is -3.23. The molecule has 2 aromatic carbocycles. The van der Waals surface area contributed by atoms with Crippen LogP contribution in [-0.4, -0.2) is 66.7 Å². The van der Waals surface area contributed by atoms with Gasteiger partial charge in [-0.15, -0.1) is 0 Å². The number of pyridine rings is 1. The van der Waals surface area contributed by atoms with E-state index < -0.39 is 56.8 Å². The Morgan fingerprint density at radius 1 is 1.12 bits per heavy atom. The maximum Gasteiger partial charge on any atom is 0.474 e. The molecular weight excluding hydrogens is 601 g/mol. The number of carbonyl (C=O) groups is 2. The Bertz CT molecular complexity index is 1440. The Labute approximate surface area is 245 Å². The summed E-state index contributed by atoms with van der Waals surface area (Å²) in [5.74, 6) is -1.57. The zero-order valence-corrected chi connectivity index (χ0v) is 24.5. The highest BCUT2D eigenvalue weighted by Crippen LogP contribution is 2.47. The lowest BCUT2D eigenvalue weighted by atomic mass is 10.1. The number of nitrogens with one attached hydrogen (secondary N) is 2. The molecule has 12 nitrogen and oxygen atoms in total. The minimum absolute atomic E-state index is 0.0836. The number of anilines is 1. The van der Waals surface area contributed by atoms with E-state index in [0.29, 0.717) is 16.3 Å². The number of nitrogens with zero attached hydrogens (tertiary/aromatic N) is 2. The maximum atomic E-state index is 13.9. The molecule has 0 aliphatic heterocycles. The number of benzene rings is 2. The van der Waals surface area contributed by atoms with Crippen molar-refractivity contribution in [3.05, 3.63) is 70.9 Å². The molecule has 0 fully saturated rings. The Kier molecular flexibility index (Phi) is 12.1. The number of rotatable bonds is 14. The van der Waals surface area contributed by atoms with Crippen LogP contribution in [0.5, 0.6) is 0 Å². The summed E-state index contributed by atoms with van der Waals surface area (Å²) in [6.45, 7) is 0.172. The molecule has 1 aromatic heterocycles. The van der Waals surface area contributed by atoms with Crippen molar-refractivity contribution in [2.45, 2.75) is 32.0 Å². The summed E-state index contributed by atoms with van der Waals surface area (Å²) in [7, 11) is -1.70. The molecule has 3 rings (SSSR count). The second-order valence-corrected chi connectivity index (χ2v) is 11.1. The van der Waals surface area contributed by atoms with Crippen molar-refractivity contribution < 1.29 is 46.3 Å². The lowest BCUT2D eigenvalue weighted by Gasteiger charge is -2.32. The van der Waals surface area contributed by atoms with Gasteiger partial charge in [0.15, 0.2) is 0 Å². The van der Waals surface area contributed by atoms with Gasteiger partial charge in [0.25, 0.3) is 0 Å². The molecule has 0 unspecified atom stereocenters. The highest BCUT2D eigenvalue weighted by atomic mass is 35.5. The van der Waals surface area contributed by atoms with Gasteiger partial charge in [-0.2, -0.15) is 0 Å². The van der Waals surface area contributed by atoms with Gasteiger partial charge >= 0.3 is 13.9 Å². The average molecular weight is 631 g/mol. The summed E-state index contributed by atoms with van der Waals surface area (Å²) in [5, 5.41) is 15.1. The van der Waals surface area contributed by atoms with E-state index >= 15 is 0 Å². The molecule has 16 heteroatoms. The van der Waals surface area contributed by atoms with Crippen LogP contribution in [0.4, 0.5) is 19.4 Å². The molecule has 0 saturated carbocycles. The highest BCUT2D eigenvalue weighted by molar-refractivity contribution is 7.48. The minimum Gasteiger partial charge on any atom is -0.447 e. The number of phosphoric ester groups is 1. The summed E-state index contributed by atoms with van der Waals surface area (Å²) in [6, 6.07) is 8.72. The van der Waals surface area contributed by atoms with E-state index in [4.69, 9.17) is 20.9 Å². The number of aliphatic hydroxyl groups is 1. The van der Waals surface area contributed by atoms with Gasteiger partial charge in [0, 0.05) is 45.7 Å². The number of fused-ring (bicyclic) bond motifs is 1. The molecule has 0 saturated heterocycles. The van der Waals surface area contributed by atoms with Gasteiger partial charge in [0.05, 0.1) is 23.8 Å². The Balaban J connectivity index is 1.73. The normalized spacial score (nSPS) is 13.0. The number of ether oxygens (including phenoxy) is 1. The maximum absolute atomic E-state index is 13.9. The fraction of sp³-hybridized carbons (Fsp3) is 0.346. The number of aromatic nitrogens is 1. The number of hydrogen-bond acceptors (Lipinski definition) is 10. The second kappa shape index (κ2) is 15.3. The van der Waals surface area contributed by atoms with Gasteiger partial charge in [-0.1, -0.05) is 23.7 Å². The van der Waals surface area contributed by atoms with Gasteiger partial charge in [0.1, 0.15) is 24.1 Å². The number of amides is 2. The summed E-state index contributed by atoms with van der Waals surface area (Å²) >= 11 is 6.03. The van der Waals surface area contributed by atoms with Crippen LogP contribution >= 0.6 is 19.4 Å². The third-order valence-electron chi connectivity index (χ3n) is 5.91. The number of hydrogen-bond donors (Lipinski definition) is 3. The van der Waals surface area contributed by atoms with E-state index in [0.717, 1.165) is 19.2 Å². The first-order valence-electron chi connectivity index (χ1n) is 12.4. The molecule has 42 heavy (non-hydrogen) atoms. The Morgan fingerprint density at radius 2 is 1.86 bits per heavy atom. The molecule has 228 valence electrons. The molecule has 0 bridgehead atoms. The zero-order chi connectivity index (χ0) is 30.9. The van der Waals surface area contributed by atoms with E-state index in [1.165, 1.54) is 49.5 Å². The van der Waals surface area contributed by atoms with Gasteiger partial charge in [0.2, 0.25) is 5.91 Å². The predicted molar refractivity (Wildman–Crippen MR) is 149 cm³/mol. The largest absolute Gasteiger partial charge is 0.474 e. The molecule has 1 heterocycles. The summed E-state index contributed by atoms with van der Waals surface area (Å²) in [5.41, 5.74) is 3.16. The van der Waals surface area contributed by atoms with Crippen LogP contribution in [0.25, 0.3) is 10.8 Å². The molecule has 0 radical (unpaired) electrons. The molecule has 0 aliphatic rings. The smallest absolute Gasteiger partial charge is 0.447 e. The predicted octanol–water partition coefficient (Wildman–Crippen LogP) is 4.81. The van der Waals surface area contributed by atoms with E-state index in [2.05, 4.69) is 24.8 Å². The first kappa shape index (κ1) is 33.3. The van der Waals surface area contributed by atoms with Crippen molar-refractivity contribution in [2.75, 3.05) is 32.8 Å². The molecule has 0 spiro atoms. The number of aliphatic hydroxyl groups excluding tert-OH is 1. The third kappa shape index (κ3) is 9.39. The third-order valence-corrected chi connectivity index (χ3v) is 7.70. The van der Waals surface area contributed by atoms with Crippen LogP contribution < -0.4 is 10.7 Å². The van der Waals surface area contributed by atoms with Gasteiger partial charge in [-0.05, 0) is 41.3 Å². The fourth-order valence-electron chi connectivity index (χ4n) is 3.83. The van der Waals surface area contributed by atoms with E-state index in [-0.39, 0.29) is 23.8 Å². The standard InChI is InChI=1S/C26H30ClF2N4O8P/c1-16(34)33(31-13-18-5-4-6-23(29)25(18)27)21(11-22(35)15-41-42(37,38-2)39-3)14-40-26(36)32-24-10-19-9-20(28)8-7-17(19)12-30-24/h4-10,12,21-22,31,35H,11,13-15H2,1-3H3,(H,30,32,36)/t21-,22-/m0/s1. The average Bonchev–Trinajstić information content (AvgIpc) is 2.96. The van der Waals surface area contributed by atoms with Crippen LogP contribution in [0.2, 0.25) is 5.02 Å². The van der Waals surface area contributed by atoms with Gasteiger partial charge < -0.3 is 9.84 Å². The second-order valence-electron chi connectivity index (χ2n) is 8.87. The van der Waals surface area contributed by atoms with Crippen molar-refractivity contribution in [1.82, 2.24) is 15.4 Å². The fourth-order valence-corrected chi connectivity index (χ4v) is 4.74. The lowest BCUT2D eigenvalue weighted by molar-refractivity contribution is -0.137. The van der Waals surface area contributed by atoms with E-state index in [1.807, 2.05) is 0 Å². The van der Waals surface area contributed by atoms with Crippen LogP contribution in [0.15, 0.2) is 48.7 Å². The van der Waals surface area contributed by atoms with Gasteiger partial charge in [-0.25, -0.2) is 28.6 Å². The minimum atomic E-state index is -3.91. The molecule has 2 atom stereocenters. The number of halogens is 3. The molecule has 3 aromatic rings. The van der Waals surface area contributed by atoms with Crippen LogP contribution in [0, 0.1) is 11.6 Å². The summed E-state index contributed by atoms with van der Waals surface area (Å²) in [4.78, 5) is 29.3. The molecule has 0 aliphatic carbocycles. The molecular formula is C26H30ClF2N4O8P. The van der Waals surface area contributed by atoms with Crippen LogP contribution in [0.3, 0.4) is 0 Å².